The van der Waals surface area contributed by atoms with E-state index in [0.717, 1.165) is 5.69 Å². The lowest BCUT2D eigenvalue weighted by Gasteiger charge is -2.44. The number of nitrogens with one attached hydrogen (secondary N) is 1. The first kappa shape index (κ1) is 31.8. The number of nitrogens with zero attached hydrogens (tertiary/aromatic N) is 1. The van der Waals surface area contributed by atoms with Gasteiger partial charge in [-0.15, -0.1) is 0 Å². The number of H-pyrrole nitrogens is 1. The van der Waals surface area contributed by atoms with E-state index in [9.17, 15) is 0 Å². The maximum atomic E-state index is 3.78. The zero-order chi connectivity index (χ0) is 36.3. The molecule has 9 aromatic rings. The van der Waals surface area contributed by atoms with Crippen molar-refractivity contribution in [3.8, 4) is 39.1 Å². The van der Waals surface area contributed by atoms with Crippen LogP contribution in [0.5, 0.6) is 0 Å². The third kappa shape index (κ3) is 4.51. The molecule has 258 valence electrons. The van der Waals surface area contributed by atoms with Gasteiger partial charge in [0.1, 0.15) is 0 Å². The van der Waals surface area contributed by atoms with E-state index < -0.39 is 0 Å². The summed E-state index contributed by atoms with van der Waals surface area (Å²) in [6.07, 6.45) is 0. The van der Waals surface area contributed by atoms with Crippen LogP contribution in [-0.4, -0.2) is 9.55 Å². The predicted molar refractivity (Wildman–Crippen MR) is 226 cm³/mol. The lowest BCUT2D eigenvalue weighted by molar-refractivity contribution is 0.125. The molecule has 1 aliphatic carbocycles. The van der Waals surface area contributed by atoms with Gasteiger partial charge in [-0.3, -0.25) is 0 Å². The molecule has 2 heterocycles. The van der Waals surface area contributed by atoms with Gasteiger partial charge in [0, 0.05) is 38.3 Å². The topological polar surface area (TPSA) is 20.7 Å². The number of aromatic amines is 1. The molecule has 1 aliphatic rings. The Bertz CT molecular complexity index is 2840. The van der Waals surface area contributed by atoms with Crippen molar-refractivity contribution in [3.63, 3.8) is 0 Å². The Morgan fingerprint density at radius 3 is 1.57 bits per heavy atom. The molecule has 1 N–H and O–H groups in total. The summed E-state index contributed by atoms with van der Waals surface area (Å²) in [6, 6.07) is 56.2. The Morgan fingerprint density at radius 1 is 0.377 bits per heavy atom. The van der Waals surface area contributed by atoms with Gasteiger partial charge < -0.3 is 9.55 Å². The first-order valence-corrected chi connectivity index (χ1v) is 18.9. The van der Waals surface area contributed by atoms with Crippen LogP contribution in [0, 0.1) is 5.41 Å². The first-order valence-electron chi connectivity index (χ1n) is 18.9. The van der Waals surface area contributed by atoms with Crippen molar-refractivity contribution < 1.29 is 0 Å². The molecule has 2 nitrogen and oxygen atoms in total. The van der Waals surface area contributed by atoms with Crippen LogP contribution in [0.1, 0.15) is 52.7 Å². The fourth-order valence-electron chi connectivity index (χ4n) is 9.38. The Hall–Kier alpha value is -5.86. The van der Waals surface area contributed by atoms with Gasteiger partial charge in [-0.25, -0.2) is 0 Å². The monoisotopic (exact) mass is 684 g/mol. The van der Waals surface area contributed by atoms with Crippen LogP contribution in [0.3, 0.4) is 0 Å². The smallest absolute Gasteiger partial charge is 0.0541 e. The molecule has 0 bridgehead atoms. The Labute approximate surface area is 311 Å². The summed E-state index contributed by atoms with van der Waals surface area (Å²) < 4.78 is 2.45. The molecule has 0 saturated carbocycles. The van der Waals surface area contributed by atoms with Gasteiger partial charge in [0.25, 0.3) is 0 Å². The summed E-state index contributed by atoms with van der Waals surface area (Å²) in [6.45, 7) is 14.6. The highest BCUT2D eigenvalue weighted by Crippen LogP contribution is 2.62. The second kappa shape index (κ2) is 11.1. The van der Waals surface area contributed by atoms with Gasteiger partial charge in [-0.2, -0.15) is 0 Å². The molecular weight excluding hydrogens is 641 g/mol. The van der Waals surface area contributed by atoms with Crippen LogP contribution in [0.25, 0.3) is 82.7 Å². The maximum Gasteiger partial charge on any atom is 0.0541 e. The van der Waals surface area contributed by atoms with E-state index >= 15 is 0 Å². The molecule has 0 atom stereocenters. The average molecular weight is 685 g/mol. The van der Waals surface area contributed by atoms with Crippen LogP contribution >= 0.6 is 0 Å². The highest BCUT2D eigenvalue weighted by molar-refractivity contribution is 6.12. The van der Waals surface area contributed by atoms with E-state index in [2.05, 4.69) is 203 Å². The molecule has 7 aromatic carbocycles. The maximum absolute atomic E-state index is 3.78. The van der Waals surface area contributed by atoms with Crippen molar-refractivity contribution in [2.45, 2.75) is 52.4 Å². The third-order valence-electron chi connectivity index (χ3n) is 13.6. The lowest BCUT2D eigenvalue weighted by Crippen LogP contribution is -2.42. The molecule has 10 rings (SSSR count). The zero-order valence-corrected chi connectivity index (χ0v) is 31.4. The molecular formula is C51H44N2. The van der Waals surface area contributed by atoms with Gasteiger partial charge in [0.15, 0.2) is 0 Å². The van der Waals surface area contributed by atoms with Crippen LogP contribution in [0.2, 0.25) is 0 Å². The van der Waals surface area contributed by atoms with Crippen LogP contribution in [0.15, 0.2) is 152 Å². The predicted octanol–water partition coefficient (Wildman–Crippen LogP) is 14.0. The van der Waals surface area contributed by atoms with E-state index in [4.69, 9.17) is 0 Å². The molecule has 0 radical (unpaired) electrons. The van der Waals surface area contributed by atoms with E-state index in [1.54, 1.807) is 0 Å². The number of fused-ring (bicyclic) bond motifs is 7. The molecule has 0 spiro atoms. The summed E-state index contributed by atoms with van der Waals surface area (Å²) in [5.74, 6) is 0. The summed E-state index contributed by atoms with van der Waals surface area (Å²) in [7, 11) is 0. The fraction of sp³-hybridized carbons (Fsp3) is 0.176. The van der Waals surface area contributed by atoms with Gasteiger partial charge in [0.05, 0.1) is 11.0 Å². The second-order valence-electron chi connectivity index (χ2n) is 16.8. The van der Waals surface area contributed by atoms with Gasteiger partial charge in [-0.05, 0) is 121 Å². The third-order valence-corrected chi connectivity index (χ3v) is 13.6. The second-order valence-corrected chi connectivity index (χ2v) is 16.8. The quantitative estimate of drug-likeness (QED) is 0.190. The summed E-state index contributed by atoms with van der Waals surface area (Å²) in [5, 5.41) is 5.11. The van der Waals surface area contributed by atoms with Crippen molar-refractivity contribution in [1.29, 1.82) is 0 Å². The zero-order valence-electron chi connectivity index (χ0n) is 31.4. The number of rotatable bonds is 4. The number of hydrogen-bond acceptors (Lipinski definition) is 0. The number of aromatic nitrogens is 2. The summed E-state index contributed by atoms with van der Waals surface area (Å²) >= 11 is 0. The molecule has 2 aromatic heterocycles. The highest BCUT2D eigenvalue weighted by Gasteiger charge is 2.56. The van der Waals surface area contributed by atoms with Crippen LogP contribution in [0.4, 0.5) is 0 Å². The average Bonchev–Trinajstić information content (AvgIpc) is 3.74. The summed E-state index contributed by atoms with van der Waals surface area (Å²) in [4.78, 5) is 3.78. The molecule has 0 amide bonds. The van der Waals surface area contributed by atoms with E-state index in [-0.39, 0.29) is 16.2 Å². The van der Waals surface area contributed by atoms with Crippen molar-refractivity contribution >= 4 is 43.6 Å². The van der Waals surface area contributed by atoms with E-state index in [1.807, 2.05) is 0 Å². The van der Waals surface area contributed by atoms with Crippen LogP contribution < -0.4 is 0 Å². The van der Waals surface area contributed by atoms with Crippen molar-refractivity contribution in [2.75, 3.05) is 0 Å². The minimum atomic E-state index is 0.0585. The van der Waals surface area contributed by atoms with Crippen molar-refractivity contribution in [1.82, 2.24) is 9.55 Å². The Kier molecular flexibility index (Phi) is 6.65. The Morgan fingerprint density at radius 2 is 0.906 bits per heavy atom. The standard InChI is InChI=1S/C51H44N2/c1-49(2)43-30-41-40-28-34(21-23-45(40)52-46(41)31-44(43)50(3,4)51(49,5)6)35-22-24-48-42(29-35)39-19-13-14-20-47(39)53(48)38-26-36(32-15-9-7-10-16-32)25-37(27-38)33-17-11-8-12-18-33/h7-31,52H,1-6H3. The number of para-hydroxylation sites is 1. The molecule has 0 aliphatic heterocycles. The summed E-state index contributed by atoms with van der Waals surface area (Å²) in [5.41, 5.74) is 16.5. The largest absolute Gasteiger partial charge is 0.355 e. The normalized spacial score (nSPS) is 15.8. The molecule has 2 heteroatoms. The minimum absolute atomic E-state index is 0.0585. The van der Waals surface area contributed by atoms with Crippen LogP contribution in [-0.2, 0) is 10.8 Å². The number of benzene rings is 7. The lowest BCUT2D eigenvalue weighted by atomic mass is 9.59. The van der Waals surface area contributed by atoms with E-state index in [0.29, 0.717) is 0 Å². The fourth-order valence-corrected chi connectivity index (χ4v) is 9.38. The first-order chi connectivity index (χ1) is 25.5. The molecule has 53 heavy (non-hydrogen) atoms. The van der Waals surface area contributed by atoms with Gasteiger partial charge in [0.2, 0.25) is 0 Å². The SMILES string of the molecule is CC1(C)c2cc3[nH]c4ccc(-c5ccc6c(c5)c5ccccc5n6-c5cc(-c6ccccc6)cc(-c6ccccc6)c5)cc4c3cc2C(C)(C)C1(C)C. The van der Waals surface area contributed by atoms with Gasteiger partial charge in [-0.1, -0.05) is 133 Å². The minimum Gasteiger partial charge on any atom is -0.355 e. The van der Waals surface area contributed by atoms with Crippen molar-refractivity contribution in [3.05, 3.63) is 163 Å². The number of hydrogen-bond donors (Lipinski definition) is 1. The van der Waals surface area contributed by atoms with E-state index in [1.165, 1.54) is 88.1 Å². The van der Waals surface area contributed by atoms with Crippen molar-refractivity contribution in [2.24, 2.45) is 5.41 Å². The molecule has 0 saturated heterocycles. The Balaban J connectivity index is 1.15. The highest BCUT2D eigenvalue weighted by atomic mass is 15.0. The van der Waals surface area contributed by atoms with Gasteiger partial charge >= 0.3 is 0 Å². The molecule has 0 fully saturated rings. The molecule has 0 unspecified atom stereocenters.